The van der Waals surface area contributed by atoms with Crippen LogP contribution in [0.15, 0.2) is 0 Å². The van der Waals surface area contributed by atoms with E-state index in [9.17, 15) is 8.42 Å². The zero-order chi connectivity index (χ0) is 11.7. The van der Waals surface area contributed by atoms with E-state index < -0.39 is 10.0 Å². The SMILES string of the molecule is CCCNCCCS(=O)(=O)NCC(C)C. The van der Waals surface area contributed by atoms with Crippen LogP contribution in [0.5, 0.6) is 0 Å². The summed E-state index contributed by atoms with van der Waals surface area (Å²) < 4.78 is 25.5. The number of rotatable bonds is 9. The zero-order valence-corrected chi connectivity index (χ0v) is 10.9. The highest BCUT2D eigenvalue weighted by atomic mass is 32.2. The summed E-state index contributed by atoms with van der Waals surface area (Å²) in [6.45, 7) is 8.34. The molecule has 0 aromatic heterocycles. The quantitative estimate of drug-likeness (QED) is 0.586. The molecule has 0 aromatic rings. The molecular weight excluding hydrogens is 212 g/mol. The smallest absolute Gasteiger partial charge is 0.211 e. The summed E-state index contributed by atoms with van der Waals surface area (Å²) >= 11 is 0. The summed E-state index contributed by atoms with van der Waals surface area (Å²) in [5, 5.41) is 3.18. The van der Waals surface area contributed by atoms with E-state index >= 15 is 0 Å². The molecule has 0 atom stereocenters. The Kier molecular flexibility index (Phi) is 8.00. The molecule has 0 aromatic carbocycles. The third-order valence-electron chi connectivity index (χ3n) is 1.90. The molecule has 0 radical (unpaired) electrons. The molecule has 0 fully saturated rings. The number of nitrogens with one attached hydrogen (secondary N) is 2. The van der Waals surface area contributed by atoms with Gasteiger partial charge in [0.1, 0.15) is 0 Å². The lowest BCUT2D eigenvalue weighted by Gasteiger charge is -2.08. The van der Waals surface area contributed by atoms with Crippen LogP contribution in [0.1, 0.15) is 33.6 Å². The van der Waals surface area contributed by atoms with E-state index in [2.05, 4.69) is 17.0 Å². The van der Waals surface area contributed by atoms with Crippen molar-refractivity contribution < 1.29 is 8.42 Å². The van der Waals surface area contributed by atoms with E-state index in [-0.39, 0.29) is 5.75 Å². The minimum absolute atomic E-state index is 0.219. The highest BCUT2D eigenvalue weighted by Crippen LogP contribution is 1.93. The van der Waals surface area contributed by atoms with Crippen molar-refractivity contribution in [1.29, 1.82) is 0 Å². The highest BCUT2D eigenvalue weighted by molar-refractivity contribution is 7.89. The van der Waals surface area contributed by atoms with Crippen molar-refractivity contribution in [3.63, 3.8) is 0 Å². The molecular formula is C10H24N2O2S. The largest absolute Gasteiger partial charge is 0.317 e. The van der Waals surface area contributed by atoms with E-state index in [4.69, 9.17) is 0 Å². The van der Waals surface area contributed by atoms with E-state index in [1.54, 1.807) is 0 Å². The Morgan fingerprint density at radius 3 is 2.40 bits per heavy atom. The monoisotopic (exact) mass is 236 g/mol. The van der Waals surface area contributed by atoms with Gasteiger partial charge in [-0.3, -0.25) is 0 Å². The number of hydrogen-bond acceptors (Lipinski definition) is 3. The standard InChI is InChI=1S/C10H24N2O2S/c1-4-6-11-7-5-8-15(13,14)12-9-10(2)3/h10-12H,4-9H2,1-3H3. The van der Waals surface area contributed by atoms with E-state index in [1.807, 2.05) is 13.8 Å². The molecule has 0 saturated carbocycles. The van der Waals surface area contributed by atoms with Gasteiger partial charge in [-0.25, -0.2) is 13.1 Å². The molecule has 15 heavy (non-hydrogen) atoms. The van der Waals surface area contributed by atoms with Gasteiger partial charge in [0.25, 0.3) is 0 Å². The molecule has 0 aliphatic heterocycles. The van der Waals surface area contributed by atoms with Gasteiger partial charge >= 0.3 is 0 Å². The minimum atomic E-state index is -3.05. The Hall–Kier alpha value is -0.130. The number of sulfonamides is 1. The van der Waals surface area contributed by atoms with Crippen LogP contribution in [0.3, 0.4) is 0 Å². The Morgan fingerprint density at radius 2 is 1.87 bits per heavy atom. The summed E-state index contributed by atoms with van der Waals surface area (Å²) in [6, 6.07) is 0. The van der Waals surface area contributed by atoms with E-state index in [0.29, 0.717) is 18.9 Å². The van der Waals surface area contributed by atoms with Crippen molar-refractivity contribution >= 4 is 10.0 Å². The van der Waals surface area contributed by atoms with Crippen LogP contribution in [0.4, 0.5) is 0 Å². The minimum Gasteiger partial charge on any atom is -0.317 e. The van der Waals surface area contributed by atoms with Gasteiger partial charge in [-0.1, -0.05) is 20.8 Å². The third kappa shape index (κ3) is 10.2. The Labute approximate surface area is 93.9 Å². The maximum atomic E-state index is 11.4. The van der Waals surface area contributed by atoms with Crippen LogP contribution in [0, 0.1) is 5.92 Å². The zero-order valence-electron chi connectivity index (χ0n) is 10.0. The Balaban J connectivity index is 3.56. The summed E-state index contributed by atoms with van der Waals surface area (Å²) in [7, 11) is -3.05. The second kappa shape index (κ2) is 8.07. The van der Waals surface area contributed by atoms with Gasteiger partial charge in [0, 0.05) is 6.54 Å². The predicted octanol–water partition coefficient (Wildman–Crippen LogP) is 0.952. The van der Waals surface area contributed by atoms with Crippen LogP contribution in [0.2, 0.25) is 0 Å². The fraction of sp³-hybridized carbons (Fsp3) is 1.00. The molecule has 0 rings (SSSR count). The molecule has 0 saturated heterocycles. The number of hydrogen-bond donors (Lipinski definition) is 2. The summed E-state index contributed by atoms with van der Waals surface area (Å²) in [5.41, 5.74) is 0. The maximum Gasteiger partial charge on any atom is 0.211 e. The fourth-order valence-electron chi connectivity index (χ4n) is 1.05. The van der Waals surface area contributed by atoms with Crippen molar-refractivity contribution in [1.82, 2.24) is 10.0 Å². The van der Waals surface area contributed by atoms with Gasteiger partial charge in [-0.2, -0.15) is 0 Å². The Bertz CT molecular complexity index is 238. The van der Waals surface area contributed by atoms with Crippen molar-refractivity contribution in [2.75, 3.05) is 25.4 Å². The molecule has 4 nitrogen and oxygen atoms in total. The predicted molar refractivity (Wildman–Crippen MR) is 64.4 cm³/mol. The Morgan fingerprint density at radius 1 is 1.20 bits per heavy atom. The first-order chi connectivity index (χ1) is 6.98. The van der Waals surface area contributed by atoms with E-state index in [1.165, 1.54) is 0 Å². The van der Waals surface area contributed by atoms with Crippen molar-refractivity contribution in [3.8, 4) is 0 Å². The second-order valence-electron chi connectivity index (χ2n) is 4.16. The summed E-state index contributed by atoms with van der Waals surface area (Å²) in [4.78, 5) is 0. The molecule has 0 amide bonds. The van der Waals surface area contributed by atoms with Gasteiger partial charge in [-0.05, 0) is 31.8 Å². The van der Waals surface area contributed by atoms with Crippen molar-refractivity contribution in [2.24, 2.45) is 5.92 Å². The lowest BCUT2D eigenvalue weighted by atomic mass is 10.2. The molecule has 0 bridgehead atoms. The van der Waals surface area contributed by atoms with Crippen LogP contribution in [-0.2, 0) is 10.0 Å². The van der Waals surface area contributed by atoms with Crippen molar-refractivity contribution in [2.45, 2.75) is 33.6 Å². The summed E-state index contributed by atoms with van der Waals surface area (Å²) in [5.74, 6) is 0.578. The van der Waals surface area contributed by atoms with Gasteiger partial charge in [0.2, 0.25) is 10.0 Å². The average molecular weight is 236 g/mol. The first-order valence-electron chi connectivity index (χ1n) is 5.66. The van der Waals surface area contributed by atoms with Crippen LogP contribution >= 0.6 is 0 Å². The maximum absolute atomic E-state index is 11.4. The lowest BCUT2D eigenvalue weighted by molar-refractivity contribution is 0.555. The molecule has 0 spiro atoms. The first kappa shape index (κ1) is 14.9. The van der Waals surface area contributed by atoms with Crippen molar-refractivity contribution in [3.05, 3.63) is 0 Å². The van der Waals surface area contributed by atoms with E-state index in [0.717, 1.165) is 19.5 Å². The summed E-state index contributed by atoms with van der Waals surface area (Å²) in [6.07, 6.45) is 1.76. The molecule has 0 aliphatic carbocycles. The van der Waals surface area contributed by atoms with Gasteiger partial charge in [0.05, 0.1) is 5.75 Å². The second-order valence-corrected chi connectivity index (χ2v) is 6.09. The van der Waals surface area contributed by atoms with Gasteiger partial charge in [-0.15, -0.1) is 0 Å². The third-order valence-corrected chi connectivity index (χ3v) is 3.34. The molecule has 92 valence electrons. The highest BCUT2D eigenvalue weighted by Gasteiger charge is 2.09. The average Bonchev–Trinajstić information content (AvgIpc) is 2.15. The first-order valence-corrected chi connectivity index (χ1v) is 7.31. The van der Waals surface area contributed by atoms with Crippen LogP contribution in [-0.4, -0.2) is 33.8 Å². The molecule has 0 aliphatic rings. The van der Waals surface area contributed by atoms with Gasteiger partial charge < -0.3 is 5.32 Å². The molecule has 5 heteroatoms. The lowest BCUT2D eigenvalue weighted by Crippen LogP contribution is -2.31. The van der Waals surface area contributed by atoms with Crippen LogP contribution < -0.4 is 10.0 Å². The molecule has 0 unspecified atom stereocenters. The molecule has 0 heterocycles. The van der Waals surface area contributed by atoms with Crippen LogP contribution in [0.25, 0.3) is 0 Å². The molecule has 2 N–H and O–H groups in total. The van der Waals surface area contributed by atoms with Gasteiger partial charge in [0.15, 0.2) is 0 Å². The normalized spacial score (nSPS) is 12.3. The topological polar surface area (TPSA) is 58.2 Å². The fourth-order valence-corrected chi connectivity index (χ4v) is 2.31.